The second kappa shape index (κ2) is 19.2. The monoisotopic (exact) mass is 994 g/mol. The zero-order valence-corrected chi connectivity index (χ0v) is 39.4. The molecule has 2 aromatic carbocycles. The molecule has 72 heavy (non-hydrogen) atoms. The molecule has 4 fully saturated rings. The first-order chi connectivity index (χ1) is 34.7. The van der Waals surface area contributed by atoms with Crippen molar-refractivity contribution in [2.45, 2.75) is 97.7 Å². The van der Waals surface area contributed by atoms with Crippen LogP contribution in [0.25, 0.3) is 0 Å². The van der Waals surface area contributed by atoms with Gasteiger partial charge in [-0.15, -0.1) is 0 Å². The normalized spacial score (nSPS) is 28.8. The molecule has 20 heteroatoms. The lowest BCUT2D eigenvalue weighted by Crippen LogP contribution is -2.78. The Kier molecular flexibility index (Phi) is 13.2. The quantitative estimate of drug-likeness (QED) is 0.101. The van der Waals surface area contributed by atoms with Gasteiger partial charge in [0.15, 0.2) is 52.4 Å². The number of rotatable bonds is 13. The molecule has 0 radical (unpaired) electrons. The summed E-state index contributed by atoms with van der Waals surface area (Å²) >= 11 is 0. The van der Waals surface area contributed by atoms with Crippen molar-refractivity contribution in [1.82, 2.24) is 9.80 Å². The Bertz CT molecular complexity index is 2680. The molecule has 8 aliphatic rings. The molecule has 2 unspecified atom stereocenters. The summed E-state index contributed by atoms with van der Waals surface area (Å²) in [4.78, 5) is 92.7. The molecule has 2 spiro atoms. The molecule has 2 amide bonds. The maximum atomic E-state index is 13.4. The first-order valence-electron chi connectivity index (χ1n) is 23.6. The van der Waals surface area contributed by atoms with Gasteiger partial charge < -0.3 is 62.3 Å². The van der Waals surface area contributed by atoms with Crippen LogP contribution in [-0.4, -0.2) is 139 Å². The van der Waals surface area contributed by atoms with Crippen LogP contribution in [0.15, 0.2) is 87.5 Å². The second-order valence-electron chi connectivity index (χ2n) is 18.5. The van der Waals surface area contributed by atoms with E-state index in [9.17, 15) is 38.7 Å². The molecule has 20 nitrogen and oxygen atoms in total. The highest BCUT2D eigenvalue weighted by Gasteiger charge is 2.77. The first-order valence-corrected chi connectivity index (χ1v) is 23.6. The summed E-state index contributed by atoms with van der Waals surface area (Å²) in [5.41, 5.74) is -2.02. The Morgan fingerprint density at radius 1 is 0.583 bits per heavy atom. The number of amides is 2. The Morgan fingerprint density at radius 2 is 1.01 bits per heavy atom. The van der Waals surface area contributed by atoms with Crippen molar-refractivity contribution in [2.75, 3.05) is 46.1 Å². The summed E-state index contributed by atoms with van der Waals surface area (Å²) in [6.45, 7) is 18.2. The predicted octanol–water partition coefficient (Wildman–Crippen LogP) is 6.21. The fourth-order valence-electron chi connectivity index (χ4n) is 12.6. The molecule has 2 saturated carbocycles. The van der Waals surface area contributed by atoms with Crippen molar-refractivity contribution in [3.8, 4) is 23.0 Å². The number of benzene rings is 2. The van der Waals surface area contributed by atoms with Crippen molar-refractivity contribution in [1.29, 1.82) is 0 Å². The summed E-state index contributed by atoms with van der Waals surface area (Å²) in [6, 6.07) is 5.43. The molecule has 8 atom stereocenters. The Balaban J connectivity index is 0.000000180. The van der Waals surface area contributed by atoms with Crippen LogP contribution in [0.2, 0.25) is 0 Å². The number of ether oxygens (including phenoxy) is 10. The second-order valence-corrected chi connectivity index (χ2v) is 18.5. The third-order valence-electron chi connectivity index (χ3n) is 15.2. The largest absolute Gasteiger partial charge is 0.514 e. The highest BCUT2D eigenvalue weighted by molar-refractivity contribution is 5.92. The molecular weight excluding hydrogens is 941 g/mol. The van der Waals surface area contributed by atoms with E-state index in [-0.39, 0.29) is 113 Å². The third-order valence-corrected chi connectivity index (χ3v) is 15.2. The molecule has 4 aliphatic carbocycles. The summed E-state index contributed by atoms with van der Waals surface area (Å²) in [5, 5.41) is 12.1. The van der Waals surface area contributed by atoms with Crippen LogP contribution in [0.3, 0.4) is 0 Å². The van der Waals surface area contributed by atoms with E-state index in [1.54, 1.807) is 34.1 Å². The average molecular weight is 995 g/mol. The van der Waals surface area contributed by atoms with E-state index in [1.807, 2.05) is 0 Å². The minimum Gasteiger partial charge on any atom is -0.477 e. The van der Waals surface area contributed by atoms with Gasteiger partial charge in [0, 0.05) is 37.1 Å². The Hall–Kier alpha value is -7.61. The molecule has 2 aromatic rings. The molecular formula is C52H54N2O18. The van der Waals surface area contributed by atoms with Gasteiger partial charge in [0.1, 0.15) is 33.0 Å². The highest BCUT2D eigenvalue weighted by Crippen LogP contribution is 2.67. The summed E-state index contributed by atoms with van der Waals surface area (Å²) in [6.07, 6.45) is 2.94. The van der Waals surface area contributed by atoms with Crippen molar-refractivity contribution in [2.24, 2.45) is 0 Å². The van der Waals surface area contributed by atoms with Crippen molar-refractivity contribution >= 4 is 42.2 Å². The van der Waals surface area contributed by atoms with E-state index in [0.29, 0.717) is 30.5 Å². The van der Waals surface area contributed by atoms with Gasteiger partial charge in [-0.2, -0.15) is 0 Å². The SMILES string of the molecule is C=CCOC(=O)Oc1ccc2c3c1O[C@H]1C(=O)CCC4(O)[C@@H](C2)N(C(=O)OCC=C)CC[C@]314.C=CCOC(=O)Oc1ccc2c3c1O[C@H]1C(=O)CCC4(OC(=O)OCC=C)[C@@H](C2)N(C(=O)OCC=C)CC[C@]314. The number of ketones is 2. The van der Waals surface area contributed by atoms with Gasteiger partial charge in [-0.05, 0) is 61.8 Å². The van der Waals surface area contributed by atoms with Gasteiger partial charge in [0.25, 0.3) is 0 Å². The van der Waals surface area contributed by atoms with E-state index in [0.717, 1.165) is 11.1 Å². The Morgan fingerprint density at radius 3 is 1.54 bits per heavy atom. The number of carbonyl (C=O) groups is 7. The van der Waals surface area contributed by atoms with Gasteiger partial charge in [-0.1, -0.05) is 75.4 Å². The maximum Gasteiger partial charge on any atom is 0.514 e. The number of hydrogen-bond acceptors (Lipinski definition) is 18. The summed E-state index contributed by atoms with van der Waals surface area (Å²) in [7, 11) is 0. The van der Waals surface area contributed by atoms with Gasteiger partial charge in [-0.25, -0.2) is 24.0 Å². The molecule has 1 N–H and O–H groups in total. The summed E-state index contributed by atoms with van der Waals surface area (Å²) in [5.74, 6) is 0.409. The first kappa shape index (κ1) is 49.4. The molecule has 10 rings (SSSR count). The number of aliphatic hydroxyl groups is 1. The standard InChI is InChI=1S/C28H29NO10.C24H25NO8/c1-4-13-34-24(31)29-12-11-27-21-17-7-8-19(37-25(32)35-14-5-2)22(21)38-23(27)18(30)9-10-28(27,20(29)16-17)39-26(33)36-15-6-3;1-3-11-30-21(27)25-10-9-23-18-14-5-6-16(32-22(28)31-12-4-2)19(18)33-20(23)15(26)7-8-24(23,29)17(25)13-14/h4-8,20,23H,1-3,9-16H2;3-6,17,20,29H,1-2,7-13H2/t20-,23+,27+,28?;17-,20+,23+,24?/m11/s1. The lowest BCUT2D eigenvalue weighted by molar-refractivity contribution is -0.191. The van der Waals surface area contributed by atoms with E-state index in [1.165, 1.54) is 30.4 Å². The van der Waals surface area contributed by atoms with Gasteiger partial charge >= 0.3 is 30.7 Å². The van der Waals surface area contributed by atoms with Gasteiger partial charge in [-0.3, -0.25) is 9.59 Å². The topological polar surface area (TPSA) is 238 Å². The minimum absolute atomic E-state index is 0.00969. The van der Waals surface area contributed by atoms with Crippen LogP contribution in [-0.2, 0) is 61.7 Å². The predicted molar refractivity (Wildman–Crippen MR) is 249 cm³/mol. The van der Waals surface area contributed by atoms with E-state index in [2.05, 4.69) is 32.9 Å². The molecule has 380 valence electrons. The third kappa shape index (κ3) is 7.47. The lowest BCUT2D eigenvalue weighted by Gasteiger charge is -2.62. The van der Waals surface area contributed by atoms with Crippen molar-refractivity contribution in [3.63, 3.8) is 0 Å². The lowest BCUT2D eigenvalue weighted by atomic mass is 9.49. The van der Waals surface area contributed by atoms with Crippen LogP contribution in [0.5, 0.6) is 23.0 Å². The zero-order valence-electron chi connectivity index (χ0n) is 39.4. The number of piperidine rings is 2. The number of likely N-dealkylation sites (tertiary alicyclic amines) is 2. The van der Waals surface area contributed by atoms with Crippen LogP contribution in [0.4, 0.5) is 24.0 Å². The maximum absolute atomic E-state index is 13.4. The van der Waals surface area contributed by atoms with Crippen LogP contribution >= 0.6 is 0 Å². The fraction of sp³-hybridized carbons (Fsp3) is 0.442. The molecule has 4 aliphatic heterocycles. The number of hydrogen-bond donors (Lipinski definition) is 1. The molecule has 4 heterocycles. The molecule has 2 saturated heterocycles. The molecule has 0 aromatic heterocycles. The van der Waals surface area contributed by atoms with Crippen molar-refractivity contribution < 1.29 is 86.0 Å². The van der Waals surface area contributed by atoms with Crippen LogP contribution in [0.1, 0.15) is 60.8 Å². The van der Waals surface area contributed by atoms with Crippen LogP contribution in [0, 0.1) is 0 Å². The smallest absolute Gasteiger partial charge is 0.477 e. The van der Waals surface area contributed by atoms with Crippen LogP contribution < -0.4 is 18.9 Å². The van der Waals surface area contributed by atoms with Crippen molar-refractivity contribution in [3.05, 3.63) is 110 Å². The average Bonchev–Trinajstić information content (AvgIpc) is 3.92. The Labute approximate surface area is 413 Å². The van der Waals surface area contributed by atoms with E-state index in [4.69, 9.17) is 47.4 Å². The highest BCUT2D eigenvalue weighted by atomic mass is 16.7. The van der Waals surface area contributed by atoms with Gasteiger partial charge in [0.05, 0.1) is 28.5 Å². The number of nitrogens with zero attached hydrogens (tertiary/aromatic N) is 2. The zero-order chi connectivity index (χ0) is 51.2. The van der Waals surface area contributed by atoms with E-state index < -0.39 is 77.0 Å². The number of Topliss-reactive ketones (excluding diaryl/α,β-unsaturated/α-hetero) is 2. The molecule has 4 bridgehead atoms. The van der Waals surface area contributed by atoms with E-state index >= 15 is 0 Å². The van der Waals surface area contributed by atoms with Gasteiger partial charge in [0.2, 0.25) is 0 Å². The fourth-order valence-corrected chi connectivity index (χ4v) is 12.6. The summed E-state index contributed by atoms with van der Waals surface area (Å²) < 4.78 is 55.1. The number of carbonyl (C=O) groups excluding carboxylic acids is 7. The minimum atomic E-state index is -1.39.